The van der Waals surface area contributed by atoms with E-state index in [4.69, 9.17) is 0 Å². The van der Waals surface area contributed by atoms with Crippen LogP contribution in [-0.2, 0) is 6.42 Å². The first-order valence-corrected chi connectivity index (χ1v) is 8.87. The fourth-order valence-electron chi connectivity index (χ4n) is 2.29. The summed E-state index contributed by atoms with van der Waals surface area (Å²) in [5, 5.41) is 3.59. The second-order valence-corrected chi connectivity index (χ2v) is 7.39. The smallest absolute Gasteiger partial charge is 0.137 e. The average Bonchev–Trinajstić information content (AvgIpc) is 2.79. The minimum Gasteiger partial charge on any atom is -0.309 e. The second kappa shape index (κ2) is 7.52. The Morgan fingerprint density at radius 2 is 2.10 bits per heavy atom. The Morgan fingerprint density at radius 1 is 1.33 bits per heavy atom. The van der Waals surface area contributed by atoms with E-state index in [2.05, 4.69) is 48.1 Å². The lowest BCUT2D eigenvalue weighted by atomic mass is 10.0. The molecule has 1 unspecified atom stereocenters. The number of benzene rings is 1. The average molecular weight is 370 g/mol. The van der Waals surface area contributed by atoms with Gasteiger partial charge in [0.15, 0.2) is 0 Å². The van der Waals surface area contributed by atoms with Crippen LogP contribution in [0.5, 0.6) is 0 Å². The molecule has 2 aromatic rings. The van der Waals surface area contributed by atoms with E-state index in [9.17, 15) is 4.39 Å². The Hall–Kier alpha value is -0.710. The minimum atomic E-state index is -0.194. The van der Waals surface area contributed by atoms with Crippen molar-refractivity contribution < 1.29 is 4.39 Å². The van der Waals surface area contributed by atoms with Crippen molar-refractivity contribution in [3.05, 3.63) is 55.4 Å². The summed E-state index contributed by atoms with van der Waals surface area (Å²) in [6.07, 6.45) is 1.88. The molecular weight excluding hydrogens is 349 g/mol. The zero-order valence-electron chi connectivity index (χ0n) is 12.7. The molecule has 1 atom stereocenters. The Morgan fingerprint density at radius 3 is 2.71 bits per heavy atom. The number of rotatable bonds is 6. The molecule has 0 amide bonds. The maximum absolute atomic E-state index is 13.7. The third-order valence-corrected chi connectivity index (χ3v) is 5.78. The predicted octanol–water partition coefficient (Wildman–Crippen LogP) is 5.55. The number of nitrogens with one attached hydrogen (secondary N) is 1. The molecule has 0 fully saturated rings. The largest absolute Gasteiger partial charge is 0.309 e. The Kier molecular flexibility index (Phi) is 5.97. The van der Waals surface area contributed by atoms with Gasteiger partial charge in [-0.25, -0.2) is 4.39 Å². The zero-order valence-corrected chi connectivity index (χ0v) is 15.1. The predicted molar refractivity (Wildman–Crippen MR) is 92.6 cm³/mol. The van der Waals surface area contributed by atoms with Gasteiger partial charge >= 0.3 is 0 Å². The summed E-state index contributed by atoms with van der Waals surface area (Å²) < 4.78 is 14.3. The molecule has 1 aromatic carbocycles. The first kappa shape index (κ1) is 16.7. The fraction of sp³-hybridized carbons (Fsp3) is 0.412. The molecule has 0 aliphatic rings. The number of aryl methyl sites for hydroxylation is 2. The first-order chi connectivity index (χ1) is 10.0. The van der Waals surface area contributed by atoms with Gasteiger partial charge in [-0.15, -0.1) is 11.3 Å². The molecule has 0 aliphatic carbocycles. The van der Waals surface area contributed by atoms with Crippen molar-refractivity contribution in [2.45, 2.75) is 39.7 Å². The summed E-state index contributed by atoms with van der Waals surface area (Å²) in [5.41, 5.74) is 2.34. The third kappa shape index (κ3) is 4.15. The Bertz CT molecular complexity index is 589. The van der Waals surface area contributed by atoms with Gasteiger partial charge in [-0.2, -0.15) is 0 Å². The molecule has 1 heterocycles. The number of thiophene rings is 1. The summed E-state index contributed by atoms with van der Waals surface area (Å²) in [6, 6.07) is 7.74. The molecule has 0 saturated heterocycles. The van der Waals surface area contributed by atoms with Crippen molar-refractivity contribution in [2.75, 3.05) is 6.54 Å². The van der Waals surface area contributed by atoms with E-state index in [-0.39, 0.29) is 11.9 Å². The lowest BCUT2D eigenvalue weighted by Gasteiger charge is -2.18. The van der Waals surface area contributed by atoms with Crippen molar-refractivity contribution in [1.82, 2.24) is 5.32 Å². The maximum atomic E-state index is 13.7. The molecule has 1 N–H and O–H groups in total. The van der Waals surface area contributed by atoms with Crippen LogP contribution in [0.1, 0.15) is 40.3 Å². The van der Waals surface area contributed by atoms with Crippen LogP contribution in [0.25, 0.3) is 0 Å². The molecule has 0 saturated carbocycles. The molecule has 0 bridgehead atoms. The lowest BCUT2D eigenvalue weighted by molar-refractivity contribution is 0.532. The van der Waals surface area contributed by atoms with E-state index >= 15 is 0 Å². The SMILES string of the molecule is CCCNC(Cc1cccc(F)c1Br)c1cc(C)c(C)s1. The molecule has 1 nitrogen and oxygen atoms in total. The van der Waals surface area contributed by atoms with Crippen LogP contribution < -0.4 is 5.32 Å². The van der Waals surface area contributed by atoms with Crippen LogP contribution in [0.4, 0.5) is 4.39 Å². The minimum absolute atomic E-state index is 0.194. The van der Waals surface area contributed by atoms with Crippen molar-refractivity contribution in [1.29, 1.82) is 0 Å². The molecule has 114 valence electrons. The van der Waals surface area contributed by atoms with Gasteiger partial charge in [-0.1, -0.05) is 19.1 Å². The normalized spacial score (nSPS) is 12.6. The van der Waals surface area contributed by atoms with Gasteiger partial charge in [-0.3, -0.25) is 0 Å². The summed E-state index contributed by atoms with van der Waals surface area (Å²) in [4.78, 5) is 2.68. The van der Waals surface area contributed by atoms with Crippen molar-refractivity contribution in [2.24, 2.45) is 0 Å². The van der Waals surface area contributed by atoms with E-state index in [0.29, 0.717) is 4.47 Å². The van der Waals surface area contributed by atoms with Gasteiger partial charge in [0.25, 0.3) is 0 Å². The second-order valence-electron chi connectivity index (χ2n) is 5.31. The Labute approximate surface area is 138 Å². The zero-order chi connectivity index (χ0) is 15.4. The monoisotopic (exact) mass is 369 g/mol. The number of hydrogen-bond acceptors (Lipinski definition) is 2. The molecule has 4 heteroatoms. The van der Waals surface area contributed by atoms with E-state index in [1.807, 2.05) is 17.4 Å². The highest BCUT2D eigenvalue weighted by molar-refractivity contribution is 9.10. The summed E-state index contributed by atoms with van der Waals surface area (Å²) in [6.45, 7) is 7.42. The standard InChI is InChI=1S/C17H21BrFNS/c1-4-8-20-15(16-9-11(2)12(3)21-16)10-13-6-5-7-14(19)17(13)18/h5-7,9,15,20H,4,8,10H2,1-3H3. The van der Waals surface area contributed by atoms with Gasteiger partial charge in [0.2, 0.25) is 0 Å². The van der Waals surface area contributed by atoms with E-state index in [1.54, 1.807) is 6.07 Å². The highest BCUT2D eigenvalue weighted by Crippen LogP contribution is 2.31. The molecule has 2 rings (SSSR count). The quantitative estimate of drug-likeness (QED) is 0.703. The van der Waals surface area contributed by atoms with Crippen molar-refractivity contribution >= 4 is 27.3 Å². The van der Waals surface area contributed by atoms with Crippen LogP contribution in [0.3, 0.4) is 0 Å². The van der Waals surface area contributed by atoms with Crippen molar-refractivity contribution in [3.8, 4) is 0 Å². The molecular formula is C17H21BrFNS. The van der Waals surface area contributed by atoms with Crippen LogP contribution >= 0.6 is 27.3 Å². The van der Waals surface area contributed by atoms with E-state index in [0.717, 1.165) is 24.9 Å². The van der Waals surface area contributed by atoms with Crippen molar-refractivity contribution in [3.63, 3.8) is 0 Å². The third-order valence-electron chi connectivity index (χ3n) is 3.62. The summed E-state index contributed by atoms with van der Waals surface area (Å²) in [7, 11) is 0. The highest BCUT2D eigenvalue weighted by Gasteiger charge is 2.17. The molecule has 21 heavy (non-hydrogen) atoms. The van der Waals surface area contributed by atoms with Crippen LogP contribution in [0.2, 0.25) is 0 Å². The van der Waals surface area contributed by atoms with E-state index < -0.39 is 0 Å². The van der Waals surface area contributed by atoms with Gasteiger partial charge in [0, 0.05) is 15.8 Å². The van der Waals surface area contributed by atoms with Gasteiger partial charge in [-0.05, 0) is 72.4 Å². The molecule has 0 aliphatic heterocycles. The Balaban J connectivity index is 2.26. The van der Waals surface area contributed by atoms with Gasteiger partial charge < -0.3 is 5.32 Å². The van der Waals surface area contributed by atoms with E-state index in [1.165, 1.54) is 21.4 Å². The molecule has 0 radical (unpaired) electrons. The summed E-state index contributed by atoms with van der Waals surface area (Å²) in [5.74, 6) is -0.194. The first-order valence-electron chi connectivity index (χ1n) is 7.26. The fourth-order valence-corrected chi connectivity index (χ4v) is 3.84. The van der Waals surface area contributed by atoms with Crippen LogP contribution in [0, 0.1) is 19.7 Å². The lowest BCUT2D eigenvalue weighted by Crippen LogP contribution is -2.23. The number of halogens is 2. The topological polar surface area (TPSA) is 12.0 Å². The molecule has 1 aromatic heterocycles. The summed E-state index contributed by atoms with van der Waals surface area (Å²) >= 11 is 5.20. The number of hydrogen-bond donors (Lipinski definition) is 1. The van der Waals surface area contributed by atoms with Gasteiger partial charge in [0.1, 0.15) is 5.82 Å². The highest BCUT2D eigenvalue weighted by atomic mass is 79.9. The van der Waals surface area contributed by atoms with Crippen LogP contribution in [0.15, 0.2) is 28.7 Å². The van der Waals surface area contributed by atoms with Crippen LogP contribution in [-0.4, -0.2) is 6.54 Å². The van der Waals surface area contributed by atoms with Gasteiger partial charge in [0.05, 0.1) is 4.47 Å². The molecule has 0 spiro atoms. The maximum Gasteiger partial charge on any atom is 0.137 e.